The molecule has 0 bridgehead atoms. The maximum Gasteiger partial charge on any atom is 0.291 e. The molecule has 1 saturated heterocycles. The Kier molecular flexibility index (Phi) is 4.53. The second kappa shape index (κ2) is 7.32. The zero-order chi connectivity index (χ0) is 18.9. The molecule has 0 spiro atoms. The summed E-state index contributed by atoms with van der Waals surface area (Å²) in [6.07, 6.45) is 12.0. The third-order valence-electron chi connectivity index (χ3n) is 5.99. The van der Waals surface area contributed by atoms with Crippen molar-refractivity contribution in [2.75, 3.05) is 18.4 Å². The molecule has 1 N–H and O–H groups in total. The highest BCUT2D eigenvalue weighted by Gasteiger charge is 2.25. The first-order valence-corrected chi connectivity index (χ1v) is 10.1. The Morgan fingerprint density at radius 2 is 2.11 bits per heavy atom. The van der Waals surface area contributed by atoms with Crippen molar-refractivity contribution in [3.8, 4) is 0 Å². The number of hydrogen-bond acceptors (Lipinski definition) is 4. The number of carbonyl (C=O) groups excluding carboxylic acids is 1. The van der Waals surface area contributed by atoms with Crippen molar-refractivity contribution in [1.29, 1.82) is 0 Å². The summed E-state index contributed by atoms with van der Waals surface area (Å²) in [4.78, 5) is 14.9. The number of nitrogens with zero attached hydrogens (tertiary/aromatic N) is 1. The van der Waals surface area contributed by atoms with Crippen LogP contribution in [0.3, 0.4) is 0 Å². The van der Waals surface area contributed by atoms with Crippen LogP contribution in [0.1, 0.15) is 48.2 Å². The Bertz CT molecular complexity index is 1020. The van der Waals surface area contributed by atoms with Crippen molar-refractivity contribution in [1.82, 2.24) is 4.90 Å². The summed E-state index contributed by atoms with van der Waals surface area (Å²) < 4.78 is 11.0. The van der Waals surface area contributed by atoms with E-state index in [-0.39, 0.29) is 5.91 Å². The number of furan rings is 2. The molecule has 5 nitrogen and oxygen atoms in total. The molecule has 2 aliphatic rings. The van der Waals surface area contributed by atoms with Crippen LogP contribution in [0.25, 0.3) is 16.5 Å². The molecule has 1 unspecified atom stereocenters. The van der Waals surface area contributed by atoms with E-state index < -0.39 is 0 Å². The molecule has 4 heterocycles. The van der Waals surface area contributed by atoms with Crippen LogP contribution in [0.4, 0.5) is 5.69 Å². The van der Waals surface area contributed by atoms with Gasteiger partial charge in [0.1, 0.15) is 5.58 Å². The normalized spacial score (nSPS) is 20.4. The second-order valence-corrected chi connectivity index (χ2v) is 7.70. The number of piperidine rings is 1. The monoisotopic (exact) mass is 376 g/mol. The van der Waals surface area contributed by atoms with E-state index in [1.165, 1.54) is 44.1 Å². The number of benzene rings is 1. The highest BCUT2D eigenvalue weighted by Crippen LogP contribution is 2.35. The average Bonchev–Trinajstić information content (AvgIpc) is 3.35. The SMILES string of the molecule is O=C(Nc1ccc2occ(C3=CCN4CCCCC4CC3)c2c1)c1ccco1. The van der Waals surface area contributed by atoms with Crippen LogP contribution < -0.4 is 5.32 Å². The van der Waals surface area contributed by atoms with Crippen molar-refractivity contribution < 1.29 is 13.6 Å². The number of fused-ring (bicyclic) bond motifs is 2. The number of carbonyl (C=O) groups is 1. The molecule has 28 heavy (non-hydrogen) atoms. The van der Waals surface area contributed by atoms with E-state index in [9.17, 15) is 4.79 Å². The van der Waals surface area contributed by atoms with Gasteiger partial charge in [0, 0.05) is 29.2 Å². The molecule has 2 aromatic heterocycles. The fourth-order valence-corrected chi connectivity index (χ4v) is 4.48. The summed E-state index contributed by atoms with van der Waals surface area (Å²) in [5.74, 6) is 0.0515. The van der Waals surface area contributed by atoms with Gasteiger partial charge in [0.2, 0.25) is 0 Å². The highest BCUT2D eigenvalue weighted by molar-refractivity contribution is 6.04. The molecular formula is C23H24N2O3. The van der Waals surface area contributed by atoms with Gasteiger partial charge in [-0.15, -0.1) is 0 Å². The maximum atomic E-state index is 12.3. The first-order chi connectivity index (χ1) is 13.8. The molecule has 1 amide bonds. The van der Waals surface area contributed by atoms with Gasteiger partial charge in [0.25, 0.3) is 5.91 Å². The van der Waals surface area contributed by atoms with Crippen molar-refractivity contribution in [3.63, 3.8) is 0 Å². The van der Waals surface area contributed by atoms with Crippen molar-refractivity contribution >= 4 is 28.1 Å². The highest BCUT2D eigenvalue weighted by atomic mass is 16.3. The van der Waals surface area contributed by atoms with Gasteiger partial charge in [0.05, 0.1) is 12.5 Å². The Morgan fingerprint density at radius 1 is 1.14 bits per heavy atom. The van der Waals surface area contributed by atoms with E-state index in [1.54, 1.807) is 12.1 Å². The van der Waals surface area contributed by atoms with E-state index in [4.69, 9.17) is 8.83 Å². The maximum absolute atomic E-state index is 12.3. The minimum Gasteiger partial charge on any atom is -0.464 e. The summed E-state index contributed by atoms with van der Waals surface area (Å²) in [6.45, 7) is 2.23. The molecule has 5 heteroatoms. The van der Waals surface area contributed by atoms with Crippen LogP contribution in [-0.2, 0) is 0 Å². The van der Waals surface area contributed by atoms with E-state index in [1.807, 2.05) is 24.5 Å². The van der Waals surface area contributed by atoms with Gasteiger partial charge in [-0.05, 0) is 68.1 Å². The molecular weight excluding hydrogens is 352 g/mol. The van der Waals surface area contributed by atoms with Crippen LogP contribution in [0.5, 0.6) is 0 Å². The molecule has 2 aliphatic heterocycles. The lowest BCUT2D eigenvalue weighted by atomic mass is 9.95. The van der Waals surface area contributed by atoms with Crippen molar-refractivity contribution in [3.05, 3.63) is 60.3 Å². The molecule has 3 aromatic rings. The first kappa shape index (κ1) is 17.3. The smallest absolute Gasteiger partial charge is 0.291 e. The van der Waals surface area contributed by atoms with E-state index in [0.29, 0.717) is 11.8 Å². The van der Waals surface area contributed by atoms with Gasteiger partial charge in [-0.2, -0.15) is 0 Å². The van der Waals surface area contributed by atoms with Crippen LogP contribution in [0.15, 0.2) is 57.8 Å². The molecule has 144 valence electrons. The molecule has 0 radical (unpaired) electrons. The van der Waals surface area contributed by atoms with Crippen LogP contribution in [0, 0.1) is 0 Å². The predicted octanol–water partition coefficient (Wildman–Crippen LogP) is 5.31. The Morgan fingerprint density at radius 3 is 3.00 bits per heavy atom. The number of hydrogen-bond donors (Lipinski definition) is 1. The summed E-state index contributed by atoms with van der Waals surface area (Å²) in [5, 5.41) is 3.95. The standard InChI is InChI=1S/C23H24N2O3/c26-23(22-5-3-13-27-22)24-17-7-9-21-19(14-17)20(15-28-21)16-6-8-18-4-1-2-11-25(18)12-10-16/h3,5,7,9-10,13-15,18H,1-2,4,6,8,11-12H2,(H,24,26). The van der Waals surface area contributed by atoms with Gasteiger partial charge < -0.3 is 14.2 Å². The summed E-state index contributed by atoms with van der Waals surface area (Å²) >= 11 is 0. The zero-order valence-electron chi connectivity index (χ0n) is 15.8. The molecule has 1 fully saturated rings. The number of rotatable bonds is 3. The third-order valence-corrected chi connectivity index (χ3v) is 5.99. The first-order valence-electron chi connectivity index (χ1n) is 10.1. The summed E-state index contributed by atoms with van der Waals surface area (Å²) in [7, 11) is 0. The second-order valence-electron chi connectivity index (χ2n) is 7.70. The summed E-state index contributed by atoms with van der Waals surface area (Å²) in [5.41, 5.74) is 4.07. The fraction of sp³-hybridized carbons (Fsp3) is 0.348. The summed E-state index contributed by atoms with van der Waals surface area (Å²) in [6, 6.07) is 9.84. The molecule has 1 aromatic carbocycles. The number of anilines is 1. The van der Waals surface area contributed by atoms with Crippen molar-refractivity contribution in [2.24, 2.45) is 0 Å². The molecule has 1 atom stereocenters. The predicted molar refractivity (Wildman–Crippen MR) is 109 cm³/mol. The number of nitrogens with one attached hydrogen (secondary N) is 1. The van der Waals surface area contributed by atoms with Crippen molar-refractivity contribution in [2.45, 2.75) is 38.1 Å². The zero-order valence-corrected chi connectivity index (χ0v) is 15.8. The number of allylic oxidation sites excluding steroid dienone is 1. The van der Waals surface area contributed by atoms with Gasteiger partial charge >= 0.3 is 0 Å². The van der Waals surface area contributed by atoms with Crippen LogP contribution in [0.2, 0.25) is 0 Å². The third kappa shape index (κ3) is 3.27. The molecule has 0 saturated carbocycles. The van der Waals surface area contributed by atoms with Gasteiger partial charge in [-0.3, -0.25) is 9.69 Å². The minimum absolute atomic E-state index is 0.250. The van der Waals surface area contributed by atoms with E-state index in [2.05, 4.69) is 16.3 Å². The van der Waals surface area contributed by atoms with Gasteiger partial charge in [0.15, 0.2) is 5.76 Å². The largest absolute Gasteiger partial charge is 0.464 e. The quantitative estimate of drug-likeness (QED) is 0.673. The van der Waals surface area contributed by atoms with Crippen LogP contribution in [-0.4, -0.2) is 29.9 Å². The van der Waals surface area contributed by atoms with Gasteiger partial charge in [-0.1, -0.05) is 12.5 Å². The fourth-order valence-electron chi connectivity index (χ4n) is 4.48. The Balaban J connectivity index is 1.42. The van der Waals surface area contributed by atoms with Crippen LogP contribution >= 0.6 is 0 Å². The lowest BCUT2D eigenvalue weighted by molar-refractivity contribution is 0.0996. The number of amides is 1. The Labute approximate surface area is 164 Å². The topological polar surface area (TPSA) is 58.6 Å². The molecule has 5 rings (SSSR count). The lowest BCUT2D eigenvalue weighted by Gasteiger charge is -2.33. The molecule has 0 aliphatic carbocycles. The Hall–Kier alpha value is -2.79. The van der Waals surface area contributed by atoms with E-state index in [0.717, 1.165) is 35.2 Å². The van der Waals surface area contributed by atoms with Gasteiger partial charge in [-0.25, -0.2) is 0 Å². The van der Waals surface area contributed by atoms with E-state index >= 15 is 0 Å². The minimum atomic E-state index is -0.250. The lowest BCUT2D eigenvalue weighted by Crippen LogP contribution is -2.38. The average molecular weight is 376 g/mol.